The van der Waals surface area contributed by atoms with Crippen molar-refractivity contribution >= 4 is 18.0 Å². The molecule has 0 unspecified atom stereocenters. The molecular formula is C20H20O5. The van der Waals surface area contributed by atoms with Gasteiger partial charge in [-0.2, -0.15) is 0 Å². The topological polar surface area (TPSA) is 61.8 Å². The molecule has 0 atom stereocenters. The van der Waals surface area contributed by atoms with Crippen molar-refractivity contribution in [2.75, 3.05) is 13.7 Å². The lowest BCUT2D eigenvalue weighted by Crippen LogP contribution is -2.03. The molecule has 0 fully saturated rings. The van der Waals surface area contributed by atoms with Gasteiger partial charge in [0.1, 0.15) is 12.4 Å². The Kier molecular flexibility index (Phi) is 6.77. The second kappa shape index (κ2) is 9.27. The van der Waals surface area contributed by atoms with Gasteiger partial charge in [0.2, 0.25) is 0 Å². The second-order valence-corrected chi connectivity index (χ2v) is 5.13. The van der Waals surface area contributed by atoms with Gasteiger partial charge in [0.05, 0.1) is 19.3 Å². The first kappa shape index (κ1) is 18.3. The highest BCUT2D eigenvalue weighted by Crippen LogP contribution is 2.13. The van der Waals surface area contributed by atoms with Crippen LogP contribution in [0.3, 0.4) is 0 Å². The van der Waals surface area contributed by atoms with E-state index in [-0.39, 0.29) is 6.61 Å². The van der Waals surface area contributed by atoms with Crippen LogP contribution in [0, 0.1) is 0 Å². The minimum Gasteiger partial charge on any atom is -0.494 e. The van der Waals surface area contributed by atoms with Gasteiger partial charge in [-0.3, -0.25) is 0 Å². The average molecular weight is 340 g/mol. The maximum Gasteiger partial charge on any atom is 0.337 e. The lowest BCUT2D eigenvalue weighted by atomic mass is 10.1. The molecule has 25 heavy (non-hydrogen) atoms. The SMILES string of the molecule is CCOc1ccc(/C=C/C(=O)OCc2ccc(C(=O)OC)cc2)cc1. The molecule has 0 saturated carbocycles. The average Bonchev–Trinajstić information content (AvgIpc) is 2.66. The summed E-state index contributed by atoms with van der Waals surface area (Å²) < 4.78 is 15.2. The Hall–Kier alpha value is -3.08. The molecule has 2 rings (SSSR count). The summed E-state index contributed by atoms with van der Waals surface area (Å²) in [6.07, 6.45) is 3.05. The summed E-state index contributed by atoms with van der Waals surface area (Å²) in [6.45, 7) is 2.67. The molecule has 0 aromatic heterocycles. The third kappa shape index (κ3) is 5.80. The third-order valence-electron chi connectivity index (χ3n) is 3.36. The molecule has 0 radical (unpaired) electrons. The summed E-state index contributed by atoms with van der Waals surface area (Å²) >= 11 is 0. The molecule has 0 saturated heterocycles. The van der Waals surface area contributed by atoms with E-state index in [2.05, 4.69) is 4.74 Å². The number of hydrogen-bond donors (Lipinski definition) is 0. The minimum atomic E-state index is -0.439. The molecule has 5 heteroatoms. The second-order valence-electron chi connectivity index (χ2n) is 5.13. The predicted molar refractivity (Wildman–Crippen MR) is 94.2 cm³/mol. The zero-order valence-corrected chi connectivity index (χ0v) is 14.2. The van der Waals surface area contributed by atoms with Gasteiger partial charge < -0.3 is 14.2 Å². The van der Waals surface area contributed by atoms with Crippen LogP contribution in [-0.2, 0) is 20.9 Å². The Bertz CT molecular complexity index is 730. The Labute approximate surface area is 146 Å². The Balaban J connectivity index is 1.84. The number of carbonyl (C=O) groups excluding carboxylic acids is 2. The van der Waals surface area contributed by atoms with Crippen molar-refractivity contribution in [2.24, 2.45) is 0 Å². The lowest BCUT2D eigenvalue weighted by molar-refractivity contribution is -0.138. The van der Waals surface area contributed by atoms with E-state index in [0.717, 1.165) is 16.9 Å². The maximum atomic E-state index is 11.8. The van der Waals surface area contributed by atoms with E-state index in [1.54, 1.807) is 30.3 Å². The highest BCUT2D eigenvalue weighted by molar-refractivity contribution is 5.89. The van der Waals surface area contributed by atoms with Gasteiger partial charge in [-0.1, -0.05) is 24.3 Å². The molecule has 2 aromatic carbocycles. The van der Waals surface area contributed by atoms with E-state index >= 15 is 0 Å². The van der Waals surface area contributed by atoms with Crippen molar-refractivity contribution in [3.63, 3.8) is 0 Å². The molecule has 0 bridgehead atoms. The van der Waals surface area contributed by atoms with Gasteiger partial charge in [0.25, 0.3) is 0 Å². The van der Waals surface area contributed by atoms with Gasteiger partial charge in [-0.15, -0.1) is 0 Å². The van der Waals surface area contributed by atoms with Crippen molar-refractivity contribution in [1.29, 1.82) is 0 Å². The summed E-state index contributed by atoms with van der Waals surface area (Å²) in [4.78, 5) is 23.1. The molecule has 0 amide bonds. The third-order valence-corrected chi connectivity index (χ3v) is 3.36. The van der Waals surface area contributed by atoms with E-state index in [1.165, 1.54) is 13.2 Å². The summed E-state index contributed by atoms with van der Waals surface area (Å²) in [5.74, 6) is -0.0506. The van der Waals surface area contributed by atoms with Crippen molar-refractivity contribution < 1.29 is 23.8 Å². The smallest absolute Gasteiger partial charge is 0.337 e. The molecule has 0 aliphatic heterocycles. The fourth-order valence-corrected chi connectivity index (χ4v) is 2.06. The van der Waals surface area contributed by atoms with E-state index in [1.807, 2.05) is 31.2 Å². The molecule has 2 aromatic rings. The number of ether oxygens (including phenoxy) is 3. The van der Waals surface area contributed by atoms with Gasteiger partial charge in [-0.05, 0) is 48.4 Å². The van der Waals surface area contributed by atoms with Gasteiger partial charge in [0.15, 0.2) is 0 Å². The van der Waals surface area contributed by atoms with Crippen LogP contribution in [0.15, 0.2) is 54.6 Å². The predicted octanol–water partition coefficient (Wildman–Crippen LogP) is 3.63. The summed E-state index contributed by atoms with van der Waals surface area (Å²) in [6, 6.07) is 14.1. The normalized spacial score (nSPS) is 10.5. The molecule has 0 spiro atoms. The summed E-state index contributed by atoms with van der Waals surface area (Å²) in [5, 5.41) is 0. The number of rotatable bonds is 7. The number of esters is 2. The molecule has 130 valence electrons. The Morgan fingerprint density at radius 2 is 1.68 bits per heavy atom. The van der Waals surface area contributed by atoms with Crippen LogP contribution < -0.4 is 4.74 Å². The van der Waals surface area contributed by atoms with E-state index in [0.29, 0.717) is 12.2 Å². The molecule has 5 nitrogen and oxygen atoms in total. The number of carbonyl (C=O) groups is 2. The largest absolute Gasteiger partial charge is 0.494 e. The first-order chi connectivity index (χ1) is 12.1. The molecule has 0 N–H and O–H groups in total. The van der Waals surface area contributed by atoms with Crippen molar-refractivity contribution in [3.8, 4) is 5.75 Å². The zero-order valence-electron chi connectivity index (χ0n) is 14.2. The minimum absolute atomic E-state index is 0.133. The van der Waals surface area contributed by atoms with Crippen LogP contribution in [0.2, 0.25) is 0 Å². The van der Waals surface area contributed by atoms with Crippen LogP contribution in [0.25, 0.3) is 6.08 Å². The molecular weight excluding hydrogens is 320 g/mol. The number of methoxy groups -OCH3 is 1. The first-order valence-electron chi connectivity index (χ1n) is 7.87. The molecule has 0 heterocycles. The van der Waals surface area contributed by atoms with Crippen molar-refractivity contribution in [1.82, 2.24) is 0 Å². The lowest BCUT2D eigenvalue weighted by Gasteiger charge is -2.04. The van der Waals surface area contributed by atoms with Crippen LogP contribution >= 0.6 is 0 Å². The van der Waals surface area contributed by atoms with Gasteiger partial charge in [-0.25, -0.2) is 9.59 Å². The van der Waals surface area contributed by atoms with Crippen LogP contribution in [0.4, 0.5) is 0 Å². The molecule has 0 aliphatic carbocycles. The van der Waals surface area contributed by atoms with E-state index < -0.39 is 11.9 Å². The van der Waals surface area contributed by atoms with Crippen LogP contribution in [0.1, 0.15) is 28.4 Å². The zero-order chi connectivity index (χ0) is 18.1. The van der Waals surface area contributed by atoms with E-state index in [4.69, 9.17) is 9.47 Å². The Morgan fingerprint density at radius 3 is 2.28 bits per heavy atom. The van der Waals surface area contributed by atoms with E-state index in [9.17, 15) is 9.59 Å². The Morgan fingerprint density at radius 1 is 1.00 bits per heavy atom. The van der Waals surface area contributed by atoms with Gasteiger partial charge >= 0.3 is 11.9 Å². The quantitative estimate of drug-likeness (QED) is 0.569. The summed E-state index contributed by atoms with van der Waals surface area (Å²) in [5.41, 5.74) is 2.12. The number of hydrogen-bond acceptors (Lipinski definition) is 5. The fraction of sp³-hybridized carbons (Fsp3) is 0.200. The molecule has 0 aliphatic rings. The monoisotopic (exact) mass is 340 g/mol. The van der Waals surface area contributed by atoms with Crippen molar-refractivity contribution in [2.45, 2.75) is 13.5 Å². The number of benzene rings is 2. The highest BCUT2D eigenvalue weighted by Gasteiger charge is 2.05. The first-order valence-corrected chi connectivity index (χ1v) is 7.87. The van der Waals surface area contributed by atoms with Gasteiger partial charge in [0, 0.05) is 6.08 Å². The van der Waals surface area contributed by atoms with Crippen LogP contribution in [0.5, 0.6) is 5.75 Å². The standard InChI is InChI=1S/C20H20O5/c1-3-24-18-11-6-15(7-12-18)8-13-19(21)25-14-16-4-9-17(10-5-16)20(22)23-2/h4-13H,3,14H2,1-2H3/b13-8+. The fourth-order valence-electron chi connectivity index (χ4n) is 2.06. The van der Waals surface area contributed by atoms with Crippen LogP contribution in [-0.4, -0.2) is 25.7 Å². The summed E-state index contributed by atoms with van der Waals surface area (Å²) in [7, 11) is 1.33. The highest BCUT2D eigenvalue weighted by atomic mass is 16.5. The maximum absolute atomic E-state index is 11.8. The van der Waals surface area contributed by atoms with Crippen molar-refractivity contribution in [3.05, 3.63) is 71.3 Å².